The van der Waals surface area contributed by atoms with Crippen LogP contribution in [0.15, 0.2) is 0 Å². The summed E-state index contributed by atoms with van der Waals surface area (Å²) in [4.78, 5) is 72.9. The maximum absolute atomic E-state index is 13.1. The van der Waals surface area contributed by atoms with Crippen molar-refractivity contribution in [1.82, 2.24) is 0 Å². The lowest BCUT2D eigenvalue weighted by molar-refractivity contribution is -0.161. The second-order valence-electron chi connectivity index (χ2n) is 29.5. The van der Waals surface area contributed by atoms with E-state index in [1.807, 2.05) is 0 Å². The van der Waals surface area contributed by atoms with E-state index >= 15 is 0 Å². The van der Waals surface area contributed by atoms with Crippen LogP contribution in [0.3, 0.4) is 0 Å². The fraction of sp³-hybridized carbons (Fsp3) is 0.950. The summed E-state index contributed by atoms with van der Waals surface area (Å²) in [6, 6.07) is 0. The van der Waals surface area contributed by atoms with Crippen molar-refractivity contribution in [2.75, 3.05) is 39.6 Å². The van der Waals surface area contributed by atoms with Crippen LogP contribution in [-0.2, 0) is 65.4 Å². The van der Waals surface area contributed by atoms with Crippen LogP contribution in [0.1, 0.15) is 420 Å². The van der Waals surface area contributed by atoms with Crippen LogP contribution in [0.4, 0.5) is 0 Å². The second-order valence-corrected chi connectivity index (χ2v) is 32.4. The molecule has 0 saturated heterocycles. The molecule has 0 rings (SSSR count). The van der Waals surface area contributed by atoms with Gasteiger partial charge in [0, 0.05) is 25.7 Å². The van der Waals surface area contributed by atoms with Crippen molar-refractivity contribution in [3.63, 3.8) is 0 Å². The standard InChI is InChI=1S/C80H156O17P2/c1-7-10-12-14-16-18-20-22-23-24-25-26-27-28-29-30-31-37-41-45-53-59-65-80(85)96-75(68-90-77(82)62-56-50-43-39-36-33-32-34-38-42-48-54-60-72(4)5)70-94-98(86,87)92-66-74(81)67-93-99(88,89)95-71-76(69-91-78(83)63-57-51-47-46-49-55-61-73(6)9-3)97-79(84)64-58-52-44-40-35-21-19-17-15-13-11-8-2/h72-76,81H,7-71H2,1-6H3,(H,86,87)(H,88,89)/t73?,74-,75-,76-/m1/s1. The average molecular weight is 1450 g/mol. The summed E-state index contributed by atoms with van der Waals surface area (Å²) in [6.45, 7) is 9.59. The molecule has 0 aliphatic rings. The van der Waals surface area contributed by atoms with Crippen molar-refractivity contribution in [1.29, 1.82) is 0 Å². The molecule has 0 saturated carbocycles. The van der Waals surface area contributed by atoms with E-state index < -0.39 is 97.5 Å². The number of ether oxygens (including phenoxy) is 4. The number of carbonyl (C=O) groups is 4. The fourth-order valence-corrected chi connectivity index (χ4v) is 13.9. The molecule has 0 aliphatic heterocycles. The molecule has 0 bridgehead atoms. The number of unbranched alkanes of at least 4 members (excludes halogenated alkanes) is 48. The largest absolute Gasteiger partial charge is 0.472 e. The maximum Gasteiger partial charge on any atom is 0.472 e. The van der Waals surface area contributed by atoms with Crippen molar-refractivity contribution in [2.45, 2.75) is 439 Å². The number of aliphatic hydroxyl groups excluding tert-OH is 1. The zero-order valence-electron chi connectivity index (χ0n) is 64.8. The number of hydrogen-bond acceptors (Lipinski definition) is 15. The Labute approximate surface area is 607 Å². The van der Waals surface area contributed by atoms with Gasteiger partial charge in [-0.15, -0.1) is 0 Å². The van der Waals surface area contributed by atoms with E-state index in [2.05, 4.69) is 41.5 Å². The van der Waals surface area contributed by atoms with E-state index in [-0.39, 0.29) is 25.7 Å². The Morgan fingerprint density at radius 2 is 0.515 bits per heavy atom. The molecule has 0 aliphatic carbocycles. The quantitative estimate of drug-likeness (QED) is 0.0222. The SMILES string of the molecule is CCCCCCCCCCCCCCCCCCCCCCCCC(=O)O[C@H](COC(=O)CCCCCCCCCCCCCCC(C)C)COP(=O)(O)OC[C@@H](O)COP(=O)(O)OC[C@@H](COC(=O)CCCCCCCCC(C)CC)OC(=O)CCCCCCCCCCCCCC. The van der Waals surface area contributed by atoms with Gasteiger partial charge in [0.2, 0.25) is 0 Å². The topological polar surface area (TPSA) is 237 Å². The van der Waals surface area contributed by atoms with Crippen LogP contribution in [0.25, 0.3) is 0 Å². The molecule has 0 radical (unpaired) electrons. The smallest absolute Gasteiger partial charge is 0.462 e. The predicted molar refractivity (Wildman–Crippen MR) is 405 cm³/mol. The summed E-state index contributed by atoms with van der Waals surface area (Å²) in [5, 5.41) is 10.6. The summed E-state index contributed by atoms with van der Waals surface area (Å²) in [5.41, 5.74) is 0. The number of hydrogen-bond donors (Lipinski definition) is 3. The van der Waals surface area contributed by atoms with Crippen LogP contribution in [0, 0.1) is 11.8 Å². The normalized spacial score (nSPS) is 14.2. The average Bonchev–Trinajstić information content (AvgIpc) is 1.03. The van der Waals surface area contributed by atoms with Crippen molar-refractivity contribution in [3.8, 4) is 0 Å². The highest BCUT2D eigenvalue weighted by Gasteiger charge is 2.30. The second kappa shape index (κ2) is 71.7. The third kappa shape index (κ3) is 72.8. The first kappa shape index (κ1) is 97.1. The van der Waals surface area contributed by atoms with Crippen molar-refractivity contribution in [2.24, 2.45) is 11.8 Å². The molecule has 0 heterocycles. The number of phosphoric ester groups is 2. The molecule has 0 aromatic carbocycles. The highest BCUT2D eigenvalue weighted by atomic mass is 31.2. The summed E-state index contributed by atoms with van der Waals surface area (Å²) >= 11 is 0. The monoisotopic (exact) mass is 1450 g/mol. The van der Waals surface area contributed by atoms with E-state index in [9.17, 15) is 43.2 Å². The lowest BCUT2D eigenvalue weighted by Crippen LogP contribution is -2.30. The van der Waals surface area contributed by atoms with Gasteiger partial charge >= 0.3 is 39.5 Å². The molecule has 0 fully saturated rings. The van der Waals surface area contributed by atoms with E-state index in [0.717, 1.165) is 108 Å². The van der Waals surface area contributed by atoms with E-state index in [4.69, 9.17) is 37.0 Å². The molecule has 6 atom stereocenters. The number of aliphatic hydroxyl groups is 1. The van der Waals surface area contributed by atoms with E-state index in [1.165, 1.54) is 231 Å². The maximum atomic E-state index is 13.1. The number of carbonyl (C=O) groups excluding carboxylic acids is 4. The van der Waals surface area contributed by atoms with Crippen molar-refractivity contribution >= 4 is 39.5 Å². The van der Waals surface area contributed by atoms with Crippen LogP contribution >= 0.6 is 15.6 Å². The highest BCUT2D eigenvalue weighted by Crippen LogP contribution is 2.45. The Kier molecular flexibility index (Phi) is 70.3. The third-order valence-electron chi connectivity index (χ3n) is 19.1. The predicted octanol–water partition coefficient (Wildman–Crippen LogP) is 23.9. The van der Waals surface area contributed by atoms with Gasteiger partial charge in [-0.3, -0.25) is 37.3 Å². The van der Waals surface area contributed by atoms with Gasteiger partial charge in [0.1, 0.15) is 19.3 Å². The molecule has 17 nitrogen and oxygen atoms in total. The minimum absolute atomic E-state index is 0.107. The van der Waals surface area contributed by atoms with Gasteiger partial charge in [0.15, 0.2) is 12.2 Å². The Morgan fingerprint density at radius 3 is 0.768 bits per heavy atom. The lowest BCUT2D eigenvalue weighted by atomic mass is 10.00. The summed E-state index contributed by atoms with van der Waals surface area (Å²) in [7, 11) is -9.92. The molecule has 3 N–H and O–H groups in total. The van der Waals surface area contributed by atoms with Gasteiger partial charge in [-0.2, -0.15) is 0 Å². The minimum Gasteiger partial charge on any atom is -0.462 e. The molecule has 0 aromatic rings. The molecule has 0 spiro atoms. The van der Waals surface area contributed by atoms with Crippen molar-refractivity contribution < 1.29 is 80.2 Å². The van der Waals surface area contributed by atoms with Crippen LogP contribution < -0.4 is 0 Å². The molecule has 0 amide bonds. The van der Waals surface area contributed by atoms with Gasteiger partial charge < -0.3 is 33.8 Å². The van der Waals surface area contributed by atoms with Crippen LogP contribution in [-0.4, -0.2) is 96.7 Å². The Hall–Kier alpha value is -1.94. The van der Waals surface area contributed by atoms with Gasteiger partial charge in [0.05, 0.1) is 26.4 Å². The Balaban J connectivity index is 5.20. The first-order chi connectivity index (χ1) is 47.9. The highest BCUT2D eigenvalue weighted by molar-refractivity contribution is 7.47. The zero-order chi connectivity index (χ0) is 72.8. The van der Waals surface area contributed by atoms with Gasteiger partial charge in [-0.25, -0.2) is 9.13 Å². The summed E-state index contributed by atoms with van der Waals surface area (Å²) < 4.78 is 68.6. The fourth-order valence-electron chi connectivity index (χ4n) is 12.3. The number of rotatable bonds is 79. The first-order valence-corrected chi connectivity index (χ1v) is 44.5. The van der Waals surface area contributed by atoms with Crippen LogP contribution in [0.2, 0.25) is 0 Å². The molecule has 0 aromatic heterocycles. The van der Waals surface area contributed by atoms with Gasteiger partial charge in [-0.1, -0.05) is 369 Å². The Morgan fingerprint density at radius 1 is 0.293 bits per heavy atom. The molecule has 3 unspecified atom stereocenters. The molecule has 588 valence electrons. The van der Waals surface area contributed by atoms with Gasteiger partial charge in [0.25, 0.3) is 0 Å². The molecule has 99 heavy (non-hydrogen) atoms. The molecular formula is C80H156O17P2. The summed E-state index contributed by atoms with van der Waals surface area (Å²) in [6.07, 6.45) is 61.2. The third-order valence-corrected chi connectivity index (χ3v) is 21.0. The minimum atomic E-state index is -4.96. The first-order valence-electron chi connectivity index (χ1n) is 41.5. The Bertz CT molecular complexity index is 1910. The molecular weight excluding hydrogens is 1290 g/mol. The number of esters is 4. The summed E-state index contributed by atoms with van der Waals surface area (Å²) in [5.74, 6) is -0.599. The lowest BCUT2D eigenvalue weighted by Gasteiger charge is -2.21. The van der Waals surface area contributed by atoms with E-state index in [0.29, 0.717) is 25.7 Å². The number of phosphoric acid groups is 2. The van der Waals surface area contributed by atoms with Crippen LogP contribution in [0.5, 0.6) is 0 Å². The molecule has 19 heteroatoms. The van der Waals surface area contributed by atoms with Crippen molar-refractivity contribution in [3.05, 3.63) is 0 Å². The zero-order valence-corrected chi connectivity index (χ0v) is 66.6. The van der Waals surface area contributed by atoms with E-state index in [1.54, 1.807) is 0 Å². The van der Waals surface area contributed by atoms with Gasteiger partial charge in [-0.05, 0) is 37.5 Å².